The van der Waals surface area contributed by atoms with Crippen LogP contribution in [0.1, 0.15) is 38.7 Å². The standard InChI is InChI=1S/C26H26N2O5/c1-18-23(19(2)33-27-18)17-32-24-12-11-21(14-25(24)30-3)26(29)28(16-22-10-7-13-31-22)15-20-8-5-4-6-9-20/h4-14H,15-17H2,1-3H3. The van der Waals surface area contributed by atoms with Gasteiger partial charge in [0.25, 0.3) is 5.91 Å². The van der Waals surface area contributed by atoms with Gasteiger partial charge in [0.1, 0.15) is 18.1 Å². The molecule has 0 spiro atoms. The van der Waals surface area contributed by atoms with Gasteiger partial charge in [-0.2, -0.15) is 0 Å². The summed E-state index contributed by atoms with van der Waals surface area (Å²) in [6.45, 7) is 4.82. The van der Waals surface area contributed by atoms with Crippen LogP contribution in [-0.2, 0) is 19.7 Å². The Labute approximate surface area is 192 Å². The summed E-state index contributed by atoms with van der Waals surface area (Å²) in [5.41, 5.74) is 3.21. The van der Waals surface area contributed by atoms with Crippen LogP contribution >= 0.6 is 0 Å². The van der Waals surface area contributed by atoms with Crippen molar-refractivity contribution in [3.05, 3.63) is 101 Å². The van der Waals surface area contributed by atoms with Gasteiger partial charge in [0.15, 0.2) is 11.5 Å². The summed E-state index contributed by atoms with van der Waals surface area (Å²) in [4.78, 5) is 15.2. The van der Waals surface area contributed by atoms with Crippen LogP contribution < -0.4 is 9.47 Å². The molecule has 0 saturated carbocycles. The molecule has 2 heterocycles. The van der Waals surface area contributed by atoms with Gasteiger partial charge in [-0.15, -0.1) is 0 Å². The van der Waals surface area contributed by atoms with E-state index < -0.39 is 0 Å². The fourth-order valence-electron chi connectivity index (χ4n) is 3.55. The highest BCUT2D eigenvalue weighted by Crippen LogP contribution is 2.30. The number of carbonyl (C=O) groups excluding carboxylic acids is 1. The average Bonchev–Trinajstić information content (AvgIpc) is 3.47. The largest absolute Gasteiger partial charge is 0.493 e. The monoisotopic (exact) mass is 446 g/mol. The van der Waals surface area contributed by atoms with E-state index in [4.69, 9.17) is 18.4 Å². The number of hydrogen-bond acceptors (Lipinski definition) is 6. The first-order chi connectivity index (χ1) is 16.0. The molecule has 0 aliphatic rings. The minimum Gasteiger partial charge on any atom is -0.493 e. The van der Waals surface area contributed by atoms with Crippen molar-refractivity contribution in [2.75, 3.05) is 7.11 Å². The fraction of sp³-hybridized carbons (Fsp3) is 0.231. The van der Waals surface area contributed by atoms with Crippen molar-refractivity contribution < 1.29 is 23.2 Å². The average molecular weight is 447 g/mol. The van der Waals surface area contributed by atoms with E-state index >= 15 is 0 Å². The predicted molar refractivity (Wildman–Crippen MR) is 122 cm³/mol. The Morgan fingerprint density at radius 3 is 2.48 bits per heavy atom. The normalized spacial score (nSPS) is 10.8. The van der Waals surface area contributed by atoms with Crippen molar-refractivity contribution in [3.8, 4) is 11.5 Å². The Kier molecular flexibility index (Phi) is 6.78. The molecule has 0 aliphatic heterocycles. The van der Waals surface area contributed by atoms with Crippen LogP contribution in [0.15, 0.2) is 75.9 Å². The van der Waals surface area contributed by atoms with Crippen molar-refractivity contribution in [2.45, 2.75) is 33.5 Å². The number of amides is 1. The first kappa shape index (κ1) is 22.2. The molecule has 0 aliphatic carbocycles. The highest BCUT2D eigenvalue weighted by Gasteiger charge is 2.20. The summed E-state index contributed by atoms with van der Waals surface area (Å²) in [6, 6.07) is 18.7. The molecule has 1 amide bonds. The van der Waals surface area contributed by atoms with Gasteiger partial charge in [-0.05, 0) is 49.7 Å². The number of furan rings is 1. The molecule has 0 bridgehead atoms. The van der Waals surface area contributed by atoms with E-state index in [9.17, 15) is 4.79 Å². The summed E-state index contributed by atoms with van der Waals surface area (Å²) < 4.78 is 22.1. The second-order valence-corrected chi connectivity index (χ2v) is 7.68. The minimum absolute atomic E-state index is 0.133. The SMILES string of the molecule is COc1cc(C(=O)N(Cc2ccccc2)Cc2ccco2)ccc1OCc1c(C)noc1C. The van der Waals surface area contributed by atoms with Crippen LogP contribution in [-0.4, -0.2) is 23.1 Å². The Hall–Kier alpha value is -4.00. The van der Waals surface area contributed by atoms with Gasteiger partial charge in [0, 0.05) is 12.1 Å². The van der Waals surface area contributed by atoms with Gasteiger partial charge >= 0.3 is 0 Å². The van der Waals surface area contributed by atoms with E-state index in [1.54, 1.807) is 36.5 Å². The highest BCUT2D eigenvalue weighted by molar-refractivity contribution is 5.94. The zero-order valence-electron chi connectivity index (χ0n) is 18.9. The number of carbonyl (C=O) groups is 1. The highest BCUT2D eigenvalue weighted by atomic mass is 16.5. The Morgan fingerprint density at radius 1 is 1.00 bits per heavy atom. The van der Waals surface area contributed by atoms with Crippen LogP contribution in [0.2, 0.25) is 0 Å². The summed E-state index contributed by atoms with van der Waals surface area (Å²) in [6.07, 6.45) is 1.61. The number of hydrogen-bond donors (Lipinski definition) is 0. The van der Waals surface area contributed by atoms with Gasteiger partial charge in [-0.3, -0.25) is 4.79 Å². The molecule has 0 radical (unpaired) electrons. The third-order valence-electron chi connectivity index (χ3n) is 5.39. The molecular weight excluding hydrogens is 420 g/mol. The summed E-state index contributed by atoms with van der Waals surface area (Å²) in [5.74, 6) is 2.31. The number of rotatable bonds is 9. The van der Waals surface area contributed by atoms with Crippen LogP contribution in [0.4, 0.5) is 0 Å². The molecule has 2 aromatic heterocycles. The molecule has 7 nitrogen and oxygen atoms in total. The number of aryl methyl sites for hydroxylation is 2. The number of ether oxygens (including phenoxy) is 2. The number of aromatic nitrogens is 1. The van der Waals surface area contributed by atoms with Crippen molar-refractivity contribution >= 4 is 5.91 Å². The quantitative estimate of drug-likeness (QED) is 0.347. The van der Waals surface area contributed by atoms with Crippen LogP contribution in [0, 0.1) is 13.8 Å². The van der Waals surface area contributed by atoms with E-state index in [1.165, 1.54) is 0 Å². The molecule has 33 heavy (non-hydrogen) atoms. The van der Waals surface area contributed by atoms with Gasteiger partial charge in [-0.25, -0.2) is 0 Å². The van der Waals surface area contributed by atoms with Gasteiger partial charge < -0.3 is 23.3 Å². The number of benzene rings is 2. The van der Waals surface area contributed by atoms with Gasteiger partial charge in [0.2, 0.25) is 0 Å². The number of nitrogens with zero attached hydrogens (tertiary/aromatic N) is 2. The molecule has 170 valence electrons. The molecule has 0 saturated heterocycles. The molecule has 0 unspecified atom stereocenters. The molecule has 0 N–H and O–H groups in total. The molecule has 0 fully saturated rings. The lowest BCUT2D eigenvalue weighted by Crippen LogP contribution is -2.30. The van der Waals surface area contributed by atoms with Gasteiger partial charge in [-0.1, -0.05) is 35.5 Å². The van der Waals surface area contributed by atoms with E-state index in [0.29, 0.717) is 48.3 Å². The molecular formula is C26H26N2O5. The first-order valence-corrected chi connectivity index (χ1v) is 10.6. The van der Waals surface area contributed by atoms with Crippen LogP contribution in [0.3, 0.4) is 0 Å². The fourth-order valence-corrected chi connectivity index (χ4v) is 3.55. The smallest absolute Gasteiger partial charge is 0.254 e. The zero-order valence-corrected chi connectivity index (χ0v) is 18.9. The van der Waals surface area contributed by atoms with E-state index in [-0.39, 0.29) is 5.91 Å². The van der Waals surface area contributed by atoms with Crippen LogP contribution in [0.25, 0.3) is 0 Å². The molecule has 0 atom stereocenters. The van der Waals surface area contributed by atoms with Crippen molar-refractivity contribution in [2.24, 2.45) is 0 Å². The van der Waals surface area contributed by atoms with Crippen molar-refractivity contribution in [1.82, 2.24) is 10.1 Å². The Bertz CT molecular complexity index is 1180. The molecule has 4 aromatic rings. The second kappa shape index (κ2) is 10.1. The first-order valence-electron chi connectivity index (χ1n) is 10.6. The molecule has 2 aromatic carbocycles. The second-order valence-electron chi connectivity index (χ2n) is 7.68. The maximum atomic E-state index is 13.5. The topological polar surface area (TPSA) is 77.9 Å². The van der Waals surface area contributed by atoms with Crippen LogP contribution in [0.5, 0.6) is 11.5 Å². The zero-order chi connectivity index (χ0) is 23.2. The summed E-state index contributed by atoms with van der Waals surface area (Å²) in [7, 11) is 1.55. The van der Waals surface area contributed by atoms with Crippen molar-refractivity contribution in [3.63, 3.8) is 0 Å². The lowest BCUT2D eigenvalue weighted by molar-refractivity contribution is 0.0717. The minimum atomic E-state index is -0.133. The third-order valence-corrected chi connectivity index (χ3v) is 5.39. The Balaban J connectivity index is 1.55. The predicted octanol–water partition coefficient (Wildman–Crippen LogP) is 5.31. The Morgan fingerprint density at radius 2 is 1.82 bits per heavy atom. The third kappa shape index (κ3) is 5.26. The lowest BCUT2D eigenvalue weighted by Gasteiger charge is -2.22. The summed E-state index contributed by atoms with van der Waals surface area (Å²) in [5, 5.41) is 3.95. The van der Waals surface area contributed by atoms with E-state index in [0.717, 1.165) is 16.8 Å². The lowest BCUT2D eigenvalue weighted by atomic mass is 10.1. The summed E-state index contributed by atoms with van der Waals surface area (Å²) >= 11 is 0. The van der Waals surface area contributed by atoms with Gasteiger partial charge in [0.05, 0.1) is 31.2 Å². The maximum absolute atomic E-state index is 13.5. The van der Waals surface area contributed by atoms with E-state index in [1.807, 2.05) is 56.3 Å². The molecule has 7 heteroatoms. The maximum Gasteiger partial charge on any atom is 0.254 e. The van der Waals surface area contributed by atoms with Crippen molar-refractivity contribution in [1.29, 1.82) is 0 Å². The van der Waals surface area contributed by atoms with E-state index in [2.05, 4.69) is 5.16 Å². The number of methoxy groups -OCH3 is 1. The molecule has 4 rings (SSSR count).